The number of hydrogen-bond acceptors (Lipinski definition) is 2. The summed E-state index contributed by atoms with van der Waals surface area (Å²) in [5.74, 6) is 0.0370. The number of rotatable bonds is 0. The van der Waals surface area contributed by atoms with Crippen LogP contribution in [0.4, 0.5) is 0 Å². The van der Waals surface area contributed by atoms with E-state index in [0.717, 1.165) is 0 Å². The topological polar surface area (TPSA) is 32.7 Å². The molecule has 0 aromatic carbocycles. The lowest BCUT2D eigenvalue weighted by Crippen LogP contribution is -2.31. The molecule has 0 aliphatic carbocycles. The lowest BCUT2D eigenvalue weighted by Gasteiger charge is -2.17. The van der Waals surface area contributed by atoms with Gasteiger partial charge in [0.05, 0.1) is 6.42 Å². The predicted octanol–water partition coefficient (Wildman–Crippen LogP) is 0.443. The molecule has 0 bridgehead atoms. The molecule has 0 atom stereocenters. The molecule has 4 heteroatoms. The van der Waals surface area contributed by atoms with Gasteiger partial charge in [-0.1, -0.05) is 11.6 Å². The molecule has 0 radical (unpaired) electrons. The summed E-state index contributed by atoms with van der Waals surface area (Å²) in [5.41, 5.74) is 0. The number of aliphatic imine (C=N–C) groups is 1. The van der Waals surface area contributed by atoms with Crippen LogP contribution in [0.1, 0.15) is 6.42 Å². The molecule has 1 amide bonds. The Labute approximate surface area is 58.3 Å². The van der Waals surface area contributed by atoms with Crippen LogP contribution >= 0.6 is 11.6 Å². The Balaban J connectivity index is 2.65. The van der Waals surface area contributed by atoms with Gasteiger partial charge in [-0.25, -0.2) is 0 Å². The van der Waals surface area contributed by atoms with E-state index in [-0.39, 0.29) is 12.3 Å². The first-order valence-electron chi connectivity index (χ1n) is 2.63. The van der Waals surface area contributed by atoms with E-state index in [0.29, 0.717) is 11.8 Å². The molecule has 0 saturated carbocycles. The second-order valence-corrected chi connectivity index (χ2v) is 2.38. The average molecular weight is 147 g/mol. The highest BCUT2D eigenvalue weighted by Gasteiger charge is 2.14. The fraction of sp³-hybridized carbons (Fsp3) is 0.600. The van der Waals surface area contributed by atoms with Crippen LogP contribution in [-0.4, -0.2) is 29.7 Å². The largest absolute Gasteiger partial charge is 0.326 e. The predicted molar refractivity (Wildman–Crippen MR) is 35.5 cm³/mol. The van der Waals surface area contributed by atoms with E-state index in [1.807, 2.05) is 0 Å². The number of nitrogens with zero attached hydrogens (tertiary/aromatic N) is 2. The van der Waals surface area contributed by atoms with Gasteiger partial charge in [0.1, 0.15) is 11.8 Å². The number of hydrogen-bond donors (Lipinski definition) is 0. The van der Waals surface area contributed by atoms with Crippen LogP contribution in [0.25, 0.3) is 0 Å². The van der Waals surface area contributed by atoms with Crippen molar-refractivity contribution in [2.45, 2.75) is 6.42 Å². The molecule has 0 spiro atoms. The van der Waals surface area contributed by atoms with E-state index < -0.39 is 0 Å². The molecule has 3 nitrogen and oxygen atoms in total. The number of amides is 1. The van der Waals surface area contributed by atoms with Gasteiger partial charge < -0.3 is 4.90 Å². The quantitative estimate of drug-likeness (QED) is 0.488. The van der Waals surface area contributed by atoms with E-state index >= 15 is 0 Å². The molecule has 9 heavy (non-hydrogen) atoms. The number of halogens is 1. The van der Waals surface area contributed by atoms with Crippen LogP contribution in [0.5, 0.6) is 0 Å². The zero-order valence-electron chi connectivity index (χ0n) is 5.09. The molecule has 0 unspecified atom stereocenters. The minimum Gasteiger partial charge on any atom is -0.326 e. The Morgan fingerprint density at radius 2 is 2.44 bits per heavy atom. The smallest absolute Gasteiger partial charge is 0.230 e. The molecule has 0 aromatic heterocycles. The summed E-state index contributed by atoms with van der Waals surface area (Å²) >= 11 is 5.48. The molecule has 1 aliphatic heterocycles. The maximum atomic E-state index is 10.8. The maximum Gasteiger partial charge on any atom is 0.230 e. The van der Waals surface area contributed by atoms with Gasteiger partial charge >= 0.3 is 0 Å². The SMILES string of the molecule is CN1CN=C(Cl)CC1=O. The summed E-state index contributed by atoms with van der Waals surface area (Å²) in [7, 11) is 1.70. The van der Waals surface area contributed by atoms with Crippen LogP contribution in [-0.2, 0) is 4.79 Å². The molecular weight excluding hydrogens is 140 g/mol. The summed E-state index contributed by atoms with van der Waals surface area (Å²) in [5, 5.41) is 0.415. The lowest BCUT2D eigenvalue weighted by atomic mass is 10.4. The van der Waals surface area contributed by atoms with Crippen molar-refractivity contribution in [2.24, 2.45) is 4.99 Å². The molecule has 0 fully saturated rings. The number of carbonyl (C=O) groups excluding carboxylic acids is 1. The first-order chi connectivity index (χ1) is 4.20. The van der Waals surface area contributed by atoms with Gasteiger partial charge in [-0.15, -0.1) is 0 Å². The van der Waals surface area contributed by atoms with Crippen molar-refractivity contribution in [3.63, 3.8) is 0 Å². The summed E-state index contributed by atoms with van der Waals surface area (Å²) in [6.07, 6.45) is 0.262. The summed E-state index contributed by atoms with van der Waals surface area (Å²) < 4.78 is 0. The third-order valence-electron chi connectivity index (χ3n) is 1.18. The molecule has 1 rings (SSSR count). The fourth-order valence-corrected chi connectivity index (χ4v) is 0.745. The molecule has 0 aromatic rings. The van der Waals surface area contributed by atoms with E-state index in [4.69, 9.17) is 11.6 Å². The molecule has 0 saturated heterocycles. The number of carbonyl (C=O) groups is 1. The van der Waals surface area contributed by atoms with Gasteiger partial charge in [0.15, 0.2) is 0 Å². The minimum absolute atomic E-state index is 0.0370. The third kappa shape index (κ3) is 1.42. The molecule has 0 N–H and O–H groups in total. The Kier molecular flexibility index (Phi) is 1.71. The monoisotopic (exact) mass is 146 g/mol. The fourth-order valence-electron chi connectivity index (χ4n) is 0.577. The highest BCUT2D eigenvalue weighted by Crippen LogP contribution is 2.03. The van der Waals surface area contributed by atoms with E-state index in [9.17, 15) is 4.79 Å². The zero-order valence-corrected chi connectivity index (χ0v) is 5.85. The van der Waals surface area contributed by atoms with Gasteiger partial charge in [0.25, 0.3) is 0 Å². The Bertz CT molecular complexity index is 166. The Hall–Kier alpha value is -0.570. The van der Waals surface area contributed by atoms with Crippen molar-refractivity contribution in [1.29, 1.82) is 0 Å². The van der Waals surface area contributed by atoms with Crippen molar-refractivity contribution in [3.8, 4) is 0 Å². The second-order valence-electron chi connectivity index (χ2n) is 1.94. The average Bonchev–Trinajstić information content (AvgIpc) is 1.80. The lowest BCUT2D eigenvalue weighted by molar-refractivity contribution is -0.128. The van der Waals surface area contributed by atoms with Crippen molar-refractivity contribution >= 4 is 22.7 Å². The minimum atomic E-state index is 0.0370. The van der Waals surface area contributed by atoms with Crippen molar-refractivity contribution in [3.05, 3.63) is 0 Å². The molecule has 1 heterocycles. The highest BCUT2D eigenvalue weighted by molar-refractivity contribution is 6.66. The van der Waals surface area contributed by atoms with Gasteiger partial charge in [-0.3, -0.25) is 9.79 Å². The van der Waals surface area contributed by atoms with Crippen molar-refractivity contribution in [1.82, 2.24) is 4.90 Å². The van der Waals surface area contributed by atoms with Crippen LogP contribution in [0, 0.1) is 0 Å². The zero-order chi connectivity index (χ0) is 6.85. The summed E-state index contributed by atoms with van der Waals surface area (Å²) in [6, 6.07) is 0. The van der Waals surface area contributed by atoms with Gasteiger partial charge in [0.2, 0.25) is 5.91 Å². The van der Waals surface area contributed by atoms with Crippen LogP contribution in [0.3, 0.4) is 0 Å². The molecule has 1 aliphatic rings. The first kappa shape index (κ1) is 6.55. The first-order valence-corrected chi connectivity index (χ1v) is 3.01. The normalized spacial score (nSPS) is 20.0. The van der Waals surface area contributed by atoms with E-state index in [1.54, 1.807) is 7.05 Å². The third-order valence-corrected chi connectivity index (χ3v) is 1.43. The Morgan fingerprint density at radius 3 is 2.89 bits per heavy atom. The maximum absolute atomic E-state index is 10.8. The van der Waals surface area contributed by atoms with Gasteiger partial charge in [0, 0.05) is 7.05 Å². The summed E-state index contributed by atoms with van der Waals surface area (Å²) in [4.78, 5) is 16.1. The summed E-state index contributed by atoms with van der Waals surface area (Å²) in [6.45, 7) is 0.400. The molecular formula is C5H7ClN2O. The second kappa shape index (κ2) is 2.35. The standard InChI is InChI=1S/C5H7ClN2O/c1-8-3-7-4(6)2-5(8)9/h2-3H2,1H3. The van der Waals surface area contributed by atoms with Gasteiger partial charge in [-0.05, 0) is 0 Å². The molecule has 50 valence electrons. The van der Waals surface area contributed by atoms with Crippen molar-refractivity contribution < 1.29 is 4.79 Å². The highest BCUT2D eigenvalue weighted by atomic mass is 35.5. The van der Waals surface area contributed by atoms with E-state index in [1.165, 1.54) is 4.90 Å². The van der Waals surface area contributed by atoms with Gasteiger partial charge in [-0.2, -0.15) is 0 Å². The van der Waals surface area contributed by atoms with Crippen molar-refractivity contribution in [2.75, 3.05) is 13.7 Å². The van der Waals surface area contributed by atoms with Crippen LogP contribution < -0.4 is 0 Å². The van der Waals surface area contributed by atoms with Crippen LogP contribution in [0.15, 0.2) is 4.99 Å². The Morgan fingerprint density at radius 1 is 1.78 bits per heavy atom. The van der Waals surface area contributed by atoms with E-state index in [2.05, 4.69) is 4.99 Å². The van der Waals surface area contributed by atoms with Crippen LogP contribution in [0.2, 0.25) is 0 Å².